The van der Waals surface area contributed by atoms with Crippen LogP contribution >= 0.6 is 0 Å². The predicted octanol–water partition coefficient (Wildman–Crippen LogP) is 3.01. The molecule has 0 amide bonds. The van der Waals surface area contributed by atoms with E-state index in [4.69, 9.17) is 4.74 Å². The highest BCUT2D eigenvalue weighted by molar-refractivity contribution is 4.47. The van der Waals surface area contributed by atoms with E-state index in [-0.39, 0.29) is 12.4 Å². The number of quaternary nitrogens is 1. The first-order valence-electron chi connectivity index (χ1n) is 9.87. The van der Waals surface area contributed by atoms with Crippen molar-refractivity contribution in [3.63, 3.8) is 0 Å². The van der Waals surface area contributed by atoms with Gasteiger partial charge in [0.2, 0.25) is 0 Å². The van der Waals surface area contributed by atoms with Crippen LogP contribution in [0.2, 0.25) is 0 Å². The SMILES string of the molecule is CCCCCCCCCCCC[N+](C)(C)COCCC(C)C.[Cl-]. The molecule has 0 saturated heterocycles. The summed E-state index contributed by atoms with van der Waals surface area (Å²) in [5, 5.41) is 0. The zero-order valence-corrected chi connectivity index (χ0v) is 17.5. The fourth-order valence-corrected chi connectivity index (χ4v) is 2.72. The van der Waals surface area contributed by atoms with Crippen molar-refractivity contribution in [1.29, 1.82) is 0 Å². The number of rotatable bonds is 16. The summed E-state index contributed by atoms with van der Waals surface area (Å²) < 4.78 is 6.83. The molecule has 23 heavy (non-hydrogen) atoms. The van der Waals surface area contributed by atoms with Crippen molar-refractivity contribution in [2.24, 2.45) is 5.92 Å². The number of hydrogen-bond acceptors (Lipinski definition) is 1. The van der Waals surface area contributed by atoms with Crippen LogP contribution in [0.25, 0.3) is 0 Å². The molecule has 0 saturated carbocycles. The molecule has 0 bridgehead atoms. The normalized spacial score (nSPS) is 11.7. The second-order valence-corrected chi connectivity index (χ2v) is 8.06. The Morgan fingerprint density at radius 1 is 0.783 bits per heavy atom. The smallest absolute Gasteiger partial charge is 0.182 e. The lowest BCUT2D eigenvalue weighted by Crippen LogP contribution is -3.00. The minimum atomic E-state index is 0. The van der Waals surface area contributed by atoms with E-state index >= 15 is 0 Å². The number of unbranched alkanes of at least 4 members (excludes halogenated alkanes) is 9. The van der Waals surface area contributed by atoms with Crippen molar-refractivity contribution >= 4 is 0 Å². The second kappa shape index (κ2) is 17.0. The van der Waals surface area contributed by atoms with Gasteiger partial charge in [-0.15, -0.1) is 0 Å². The van der Waals surface area contributed by atoms with E-state index in [1.165, 1.54) is 77.2 Å². The average molecular weight is 350 g/mol. The topological polar surface area (TPSA) is 9.23 Å². The molecule has 0 aromatic carbocycles. The van der Waals surface area contributed by atoms with Gasteiger partial charge in [-0.1, -0.05) is 72.1 Å². The summed E-state index contributed by atoms with van der Waals surface area (Å²) in [5.41, 5.74) is 0. The molecule has 0 aromatic rings. The van der Waals surface area contributed by atoms with Crippen LogP contribution in [0.15, 0.2) is 0 Å². The summed E-state index contributed by atoms with van der Waals surface area (Å²) in [6, 6.07) is 0. The summed E-state index contributed by atoms with van der Waals surface area (Å²) in [6.07, 6.45) is 15.3. The van der Waals surface area contributed by atoms with Gasteiger partial charge in [0.15, 0.2) is 6.73 Å². The summed E-state index contributed by atoms with van der Waals surface area (Å²) in [7, 11) is 4.59. The molecule has 0 spiro atoms. The Balaban J connectivity index is 0. The molecule has 0 N–H and O–H groups in total. The Kier molecular flexibility index (Phi) is 18.9. The highest BCUT2D eigenvalue weighted by Gasteiger charge is 2.14. The predicted molar refractivity (Wildman–Crippen MR) is 99.1 cm³/mol. The van der Waals surface area contributed by atoms with Crippen LogP contribution in [0.3, 0.4) is 0 Å². The lowest BCUT2D eigenvalue weighted by molar-refractivity contribution is -0.910. The third kappa shape index (κ3) is 20.2. The maximum absolute atomic E-state index is 5.82. The van der Waals surface area contributed by atoms with Gasteiger partial charge in [0.25, 0.3) is 0 Å². The summed E-state index contributed by atoms with van der Waals surface area (Å²) >= 11 is 0. The van der Waals surface area contributed by atoms with Crippen molar-refractivity contribution in [3.05, 3.63) is 0 Å². The van der Waals surface area contributed by atoms with Crippen LogP contribution in [-0.2, 0) is 4.74 Å². The first-order valence-corrected chi connectivity index (χ1v) is 9.87. The fraction of sp³-hybridized carbons (Fsp3) is 1.00. The van der Waals surface area contributed by atoms with E-state index < -0.39 is 0 Å². The zero-order chi connectivity index (χ0) is 16.7. The first kappa shape index (κ1) is 25.5. The number of halogens is 1. The Labute approximate surface area is 153 Å². The molecular weight excluding hydrogens is 306 g/mol. The molecule has 0 aliphatic heterocycles. The molecule has 0 radical (unpaired) electrons. The lowest BCUT2D eigenvalue weighted by Gasteiger charge is -2.29. The average Bonchev–Trinajstić information content (AvgIpc) is 2.45. The molecule has 0 rings (SSSR count). The third-order valence-corrected chi connectivity index (χ3v) is 4.40. The van der Waals surface area contributed by atoms with Gasteiger partial charge >= 0.3 is 0 Å². The van der Waals surface area contributed by atoms with Gasteiger partial charge in [-0.2, -0.15) is 0 Å². The Morgan fingerprint density at radius 2 is 1.26 bits per heavy atom. The van der Waals surface area contributed by atoms with Crippen molar-refractivity contribution in [2.75, 3.05) is 34.0 Å². The molecule has 0 fully saturated rings. The molecule has 0 aliphatic carbocycles. The molecule has 2 nitrogen and oxygen atoms in total. The third-order valence-electron chi connectivity index (χ3n) is 4.40. The number of nitrogens with zero attached hydrogens (tertiary/aromatic N) is 1. The van der Waals surface area contributed by atoms with Gasteiger partial charge in [0.1, 0.15) is 0 Å². The van der Waals surface area contributed by atoms with Gasteiger partial charge in [-0.25, -0.2) is 0 Å². The van der Waals surface area contributed by atoms with E-state index in [1.54, 1.807) is 0 Å². The maximum Gasteiger partial charge on any atom is 0.182 e. The summed E-state index contributed by atoms with van der Waals surface area (Å²) in [4.78, 5) is 0. The molecule has 0 aromatic heterocycles. The Bertz CT molecular complexity index is 232. The molecule has 0 aliphatic rings. The Morgan fingerprint density at radius 3 is 1.74 bits per heavy atom. The molecule has 0 unspecified atom stereocenters. The minimum absolute atomic E-state index is 0. The maximum atomic E-state index is 5.82. The second-order valence-electron chi connectivity index (χ2n) is 8.06. The number of hydrogen-bond donors (Lipinski definition) is 0. The first-order chi connectivity index (χ1) is 10.5. The van der Waals surface area contributed by atoms with Crippen LogP contribution in [0.5, 0.6) is 0 Å². The molecule has 142 valence electrons. The van der Waals surface area contributed by atoms with Gasteiger partial charge in [-0.05, 0) is 25.2 Å². The monoisotopic (exact) mass is 349 g/mol. The van der Waals surface area contributed by atoms with Crippen molar-refractivity contribution in [2.45, 2.75) is 91.4 Å². The molecule has 3 heteroatoms. The minimum Gasteiger partial charge on any atom is -1.00 e. The van der Waals surface area contributed by atoms with Crippen LogP contribution in [0.4, 0.5) is 0 Å². The van der Waals surface area contributed by atoms with Crippen LogP contribution in [0.1, 0.15) is 91.4 Å². The molecule has 0 heterocycles. The Hall–Kier alpha value is 0.210. The van der Waals surface area contributed by atoms with Gasteiger partial charge < -0.3 is 21.6 Å². The van der Waals surface area contributed by atoms with E-state index in [0.717, 1.165) is 23.7 Å². The van der Waals surface area contributed by atoms with Crippen molar-refractivity contribution in [1.82, 2.24) is 0 Å². The fourth-order valence-electron chi connectivity index (χ4n) is 2.72. The molecule has 0 atom stereocenters. The highest BCUT2D eigenvalue weighted by atomic mass is 35.5. The highest BCUT2D eigenvalue weighted by Crippen LogP contribution is 2.11. The van der Waals surface area contributed by atoms with Crippen molar-refractivity contribution < 1.29 is 21.6 Å². The van der Waals surface area contributed by atoms with Crippen LogP contribution in [-0.4, -0.2) is 38.5 Å². The summed E-state index contributed by atoms with van der Waals surface area (Å²) in [5.74, 6) is 0.748. The van der Waals surface area contributed by atoms with Gasteiger partial charge in [-0.3, -0.25) is 0 Å². The van der Waals surface area contributed by atoms with Crippen LogP contribution < -0.4 is 12.4 Å². The van der Waals surface area contributed by atoms with Gasteiger partial charge in [0, 0.05) is 0 Å². The summed E-state index contributed by atoms with van der Waals surface area (Å²) in [6.45, 7) is 9.83. The van der Waals surface area contributed by atoms with E-state index in [1.807, 2.05) is 0 Å². The van der Waals surface area contributed by atoms with E-state index in [9.17, 15) is 0 Å². The van der Waals surface area contributed by atoms with Crippen LogP contribution in [0, 0.1) is 5.92 Å². The van der Waals surface area contributed by atoms with E-state index in [2.05, 4.69) is 34.9 Å². The van der Waals surface area contributed by atoms with Crippen molar-refractivity contribution in [3.8, 4) is 0 Å². The lowest BCUT2D eigenvalue weighted by atomic mass is 10.1. The standard InChI is InChI=1S/C20H44NO.ClH/c1-6-7-8-9-10-11-12-13-14-15-17-21(4,5)19-22-18-16-20(2)3;/h20H,6-19H2,1-5H3;1H/q+1;/p-1. The largest absolute Gasteiger partial charge is 1.00 e. The number of ether oxygens (including phenoxy) is 1. The quantitative estimate of drug-likeness (QED) is 0.236. The van der Waals surface area contributed by atoms with Gasteiger partial charge in [0.05, 0.1) is 27.2 Å². The van der Waals surface area contributed by atoms with E-state index in [0.29, 0.717) is 0 Å². The molecular formula is C20H44ClNO. The zero-order valence-electron chi connectivity index (χ0n) is 16.7.